The third-order valence-electron chi connectivity index (χ3n) is 5.37. The van der Waals surface area contributed by atoms with E-state index in [1.54, 1.807) is 7.11 Å². The summed E-state index contributed by atoms with van der Waals surface area (Å²) in [5.74, 6) is 1.52. The van der Waals surface area contributed by atoms with Gasteiger partial charge in [-0.3, -0.25) is 4.90 Å². The molecule has 27 heavy (non-hydrogen) atoms. The molecule has 0 saturated carbocycles. The molecular weight excluding hydrogens is 342 g/mol. The van der Waals surface area contributed by atoms with Crippen LogP contribution in [-0.2, 0) is 6.54 Å². The molecule has 1 atom stereocenters. The summed E-state index contributed by atoms with van der Waals surface area (Å²) in [6, 6.07) is 8.22. The Hall–Kier alpha value is -1.81. The largest absolute Gasteiger partial charge is 0.493 e. The fourth-order valence-electron chi connectivity index (χ4n) is 3.82. The molecule has 6 heteroatoms. The van der Waals surface area contributed by atoms with Crippen molar-refractivity contribution in [2.75, 3.05) is 46.4 Å². The van der Waals surface area contributed by atoms with Gasteiger partial charge in [0.15, 0.2) is 11.5 Å². The molecule has 0 aromatic heterocycles. The predicted octanol–water partition coefficient (Wildman–Crippen LogP) is 2.27. The van der Waals surface area contributed by atoms with Crippen LogP contribution in [0.25, 0.3) is 0 Å². The molecule has 6 nitrogen and oxygen atoms in total. The van der Waals surface area contributed by atoms with Crippen LogP contribution >= 0.6 is 0 Å². The second-order valence-corrected chi connectivity index (χ2v) is 7.68. The van der Waals surface area contributed by atoms with Gasteiger partial charge >= 0.3 is 0 Å². The minimum Gasteiger partial charge on any atom is -0.493 e. The fraction of sp³-hybridized carbons (Fsp3) is 0.667. The van der Waals surface area contributed by atoms with Gasteiger partial charge in [0.25, 0.3) is 0 Å². The van der Waals surface area contributed by atoms with Gasteiger partial charge in [0.05, 0.1) is 19.1 Å². The Morgan fingerprint density at radius 3 is 2.56 bits per heavy atom. The van der Waals surface area contributed by atoms with Crippen molar-refractivity contribution in [3.05, 3.63) is 23.8 Å². The SMILES string of the molecule is COc1cc(CN2CC(C#N)C2)ccc1OCC(O)CN1CCCCCC1. The smallest absolute Gasteiger partial charge is 0.161 e. The number of nitrogens with zero attached hydrogens (tertiary/aromatic N) is 3. The maximum absolute atomic E-state index is 10.3. The molecule has 0 spiro atoms. The molecule has 2 aliphatic rings. The van der Waals surface area contributed by atoms with Crippen LogP contribution in [-0.4, -0.2) is 67.5 Å². The van der Waals surface area contributed by atoms with E-state index < -0.39 is 6.10 Å². The first-order chi connectivity index (χ1) is 13.2. The summed E-state index contributed by atoms with van der Waals surface area (Å²) in [4.78, 5) is 4.58. The van der Waals surface area contributed by atoms with Crippen LogP contribution in [0.3, 0.4) is 0 Å². The summed E-state index contributed by atoms with van der Waals surface area (Å²) in [7, 11) is 1.63. The number of methoxy groups -OCH3 is 1. The quantitative estimate of drug-likeness (QED) is 0.754. The van der Waals surface area contributed by atoms with E-state index in [0.29, 0.717) is 18.0 Å². The number of likely N-dealkylation sites (tertiary alicyclic amines) is 2. The summed E-state index contributed by atoms with van der Waals surface area (Å²) >= 11 is 0. The van der Waals surface area contributed by atoms with Gasteiger partial charge < -0.3 is 19.5 Å². The van der Waals surface area contributed by atoms with Gasteiger partial charge in [-0.2, -0.15) is 5.26 Å². The Bertz CT molecular complexity index is 632. The Kier molecular flexibility index (Phi) is 7.33. The third-order valence-corrected chi connectivity index (χ3v) is 5.37. The Morgan fingerprint density at radius 2 is 1.89 bits per heavy atom. The number of aliphatic hydroxyl groups is 1. The first kappa shape index (κ1) is 19.9. The van der Waals surface area contributed by atoms with E-state index in [-0.39, 0.29) is 12.5 Å². The normalized spacial score (nSPS) is 20.3. The summed E-state index contributed by atoms with van der Waals surface area (Å²) in [5, 5.41) is 19.2. The maximum Gasteiger partial charge on any atom is 0.161 e. The summed E-state index contributed by atoms with van der Waals surface area (Å²) in [6.45, 7) is 5.54. The Morgan fingerprint density at radius 1 is 1.15 bits per heavy atom. The molecule has 2 fully saturated rings. The maximum atomic E-state index is 10.3. The minimum atomic E-state index is -0.503. The van der Waals surface area contributed by atoms with E-state index in [9.17, 15) is 5.11 Å². The van der Waals surface area contributed by atoms with E-state index in [2.05, 4.69) is 15.9 Å². The number of rotatable bonds is 8. The molecule has 0 aliphatic carbocycles. The zero-order valence-corrected chi connectivity index (χ0v) is 16.3. The summed E-state index contributed by atoms with van der Waals surface area (Å²) < 4.78 is 11.3. The lowest BCUT2D eigenvalue weighted by atomic mass is 10.0. The lowest BCUT2D eigenvalue weighted by Crippen LogP contribution is -2.45. The number of benzene rings is 1. The number of hydrogen-bond donors (Lipinski definition) is 1. The van der Waals surface area contributed by atoms with Gasteiger partial charge in [0, 0.05) is 26.2 Å². The standard InChI is InChI=1S/C21H31N3O3/c1-26-21-10-17(12-24-13-18(11-22)14-24)6-7-20(21)27-16-19(25)15-23-8-4-2-3-5-9-23/h6-7,10,18-19,25H,2-5,8-9,12-16H2,1H3. The van der Waals surface area contributed by atoms with Crippen molar-refractivity contribution >= 4 is 0 Å². The lowest BCUT2D eigenvalue weighted by molar-refractivity contribution is 0.0683. The van der Waals surface area contributed by atoms with Gasteiger partial charge in [0.2, 0.25) is 0 Å². The minimum absolute atomic E-state index is 0.167. The molecule has 148 valence electrons. The van der Waals surface area contributed by atoms with Crippen molar-refractivity contribution in [2.45, 2.75) is 38.3 Å². The fourth-order valence-corrected chi connectivity index (χ4v) is 3.82. The molecule has 0 bridgehead atoms. The number of ether oxygens (including phenoxy) is 2. The second-order valence-electron chi connectivity index (χ2n) is 7.68. The highest BCUT2D eigenvalue weighted by atomic mass is 16.5. The van der Waals surface area contributed by atoms with Crippen LogP contribution < -0.4 is 9.47 Å². The number of nitriles is 1. The number of aliphatic hydroxyl groups excluding tert-OH is 1. The van der Waals surface area contributed by atoms with Crippen molar-refractivity contribution in [2.24, 2.45) is 5.92 Å². The number of hydrogen-bond acceptors (Lipinski definition) is 6. The first-order valence-electron chi connectivity index (χ1n) is 10.00. The van der Waals surface area contributed by atoms with Crippen LogP contribution in [0, 0.1) is 17.2 Å². The van der Waals surface area contributed by atoms with Gasteiger partial charge in [-0.1, -0.05) is 18.9 Å². The van der Waals surface area contributed by atoms with Crippen molar-refractivity contribution < 1.29 is 14.6 Å². The first-order valence-corrected chi connectivity index (χ1v) is 10.00. The molecule has 2 aliphatic heterocycles. The molecule has 0 amide bonds. The molecule has 1 N–H and O–H groups in total. The van der Waals surface area contributed by atoms with E-state index in [1.807, 2.05) is 18.2 Å². The second kappa shape index (κ2) is 9.93. The van der Waals surface area contributed by atoms with Crippen LogP contribution in [0.4, 0.5) is 0 Å². The Balaban J connectivity index is 1.48. The summed E-state index contributed by atoms with van der Waals surface area (Å²) in [5.41, 5.74) is 1.14. The average Bonchev–Trinajstić information content (AvgIpc) is 2.91. The molecule has 3 rings (SSSR count). The van der Waals surface area contributed by atoms with Crippen LogP contribution in [0.2, 0.25) is 0 Å². The van der Waals surface area contributed by atoms with Crippen molar-refractivity contribution in [1.29, 1.82) is 5.26 Å². The molecule has 1 unspecified atom stereocenters. The monoisotopic (exact) mass is 373 g/mol. The molecule has 0 radical (unpaired) electrons. The van der Waals surface area contributed by atoms with Crippen LogP contribution in [0.5, 0.6) is 11.5 Å². The van der Waals surface area contributed by atoms with Gasteiger partial charge in [-0.25, -0.2) is 0 Å². The molecule has 2 heterocycles. The van der Waals surface area contributed by atoms with E-state index in [1.165, 1.54) is 25.7 Å². The average molecular weight is 373 g/mol. The zero-order chi connectivity index (χ0) is 19.1. The highest BCUT2D eigenvalue weighted by molar-refractivity contribution is 5.43. The molecule has 1 aromatic rings. The highest BCUT2D eigenvalue weighted by Gasteiger charge is 2.26. The van der Waals surface area contributed by atoms with E-state index in [0.717, 1.165) is 38.3 Å². The number of β-amino-alcohol motifs (C(OH)–C–C–N with tert-alkyl or cyclic N) is 1. The predicted molar refractivity (Wildman–Crippen MR) is 104 cm³/mol. The van der Waals surface area contributed by atoms with Gasteiger partial charge in [-0.15, -0.1) is 0 Å². The van der Waals surface area contributed by atoms with Gasteiger partial charge in [0.1, 0.15) is 12.7 Å². The zero-order valence-electron chi connectivity index (χ0n) is 16.3. The van der Waals surface area contributed by atoms with Crippen molar-refractivity contribution in [3.8, 4) is 17.6 Å². The lowest BCUT2D eigenvalue weighted by Gasteiger charge is -2.35. The Labute approximate surface area is 162 Å². The topological polar surface area (TPSA) is 69.0 Å². The van der Waals surface area contributed by atoms with E-state index in [4.69, 9.17) is 14.7 Å². The molecule has 1 aromatic carbocycles. The van der Waals surface area contributed by atoms with E-state index >= 15 is 0 Å². The van der Waals surface area contributed by atoms with Crippen molar-refractivity contribution in [3.63, 3.8) is 0 Å². The van der Waals surface area contributed by atoms with Crippen molar-refractivity contribution in [1.82, 2.24) is 9.80 Å². The highest BCUT2D eigenvalue weighted by Crippen LogP contribution is 2.29. The van der Waals surface area contributed by atoms with Gasteiger partial charge in [-0.05, 0) is 43.6 Å². The molecule has 2 saturated heterocycles. The van der Waals surface area contributed by atoms with Crippen LogP contribution in [0.1, 0.15) is 31.2 Å². The third kappa shape index (κ3) is 5.83. The van der Waals surface area contributed by atoms with Crippen LogP contribution in [0.15, 0.2) is 18.2 Å². The molecular formula is C21H31N3O3. The summed E-state index contributed by atoms with van der Waals surface area (Å²) in [6.07, 6.45) is 4.52.